The van der Waals surface area contributed by atoms with E-state index in [2.05, 4.69) is 86.0 Å². The largest absolute Gasteiger partial charge is 0.455 e. The lowest BCUT2D eigenvalue weighted by Crippen LogP contribution is -2.24. The number of fused-ring (bicyclic) bond motifs is 7. The van der Waals surface area contributed by atoms with Crippen LogP contribution in [0.25, 0.3) is 67.2 Å². The summed E-state index contributed by atoms with van der Waals surface area (Å²) >= 11 is 0. The van der Waals surface area contributed by atoms with Crippen LogP contribution in [0, 0.1) is 11.6 Å². The Labute approximate surface area is 437 Å². The number of nitrogens with zero attached hydrogens (tertiary/aromatic N) is 2. The van der Waals surface area contributed by atoms with Gasteiger partial charge < -0.3 is 14.2 Å². The molecule has 0 spiro atoms. The number of halogens is 2. The molecule has 1 aromatic heterocycles. The van der Waals surface area contributed by atoms with Crippen LogP contribution in [0.15, 0.2) is 247 Å². The first-order valence-corrected chi connectivity index (χ1v) is 25.6. The van der Waals surface area contributed by atoms with Crippen molar-refractivity contribution in [1.82, 2.24) is 0 Å². The highest BCUT2D eigenvalue weighted by molar-refractivity contribution is 5.96. The van der Waals surface area contributed by atoms with E-state index in [-0.39, 0.29) is 11.6 Å². The van der Waals surface area contributed by atoms with Gasteiger partial charge in [-0.15, -0.1) is 0 Å². The van der Waals surface area contributed by atoms with Gasteiger partial charge in [0.2, 0.25) is 0 Å². The van der Waals surface area contributed by atoms with Gasteiger partial charge in [-0.1, -0.05) is 185 Å². The van der Waals surface area contributed by atoms with Crippen LogP contribution in [0.5, 0.6) is 0 Å². The molecule has 2 aliphatic rings. The average molecular weight is 975 g/mol. The Kier molecular flexibility index (Phi) is 10.9. The zero-order chi connectivity index (χ0) is 51.0. The molecule has 0 saturated carbocycles. The second-order valence-corrected chi connectivity index (χ2v) is 20.7. The molecular weight excluding hydrogens is 923 g/mol. The van der Waals surface area contributed by atoms with E-state index in [9.17, 15) is 0 Å². The van der Waals surface area contributed by atoms with E-state index in [0.717, 1.165) is 112 Å². The topological polar surface area (TPSA) is 19.6 Å². The van der Waals surface area contributed by atoms with Gasteiger partial charge in [-0.2, -0.15) is 0 Å². The van der Waals surface area contributed by atoms with Gasteiger partial charge >= 0.3 is 0 Å². The summed E-state index contributed by atoms with van der Waals surface area (Å²) in [6.45, 7) is 9.12. The molecule has 1 heterocycles. The molecule has 10 aromatic carbocycles. The molecule has 0 saturated heterocycles. The fraction of sp³-hybridized carbons (Fsp3) is 0.0857. The first-order valence-electron chi connectivity index (χ1n) is 25.6. The van der Waals surface area contributed by atoms with E-state index in [4.69, 9.17) is 4.42 Å². The van der Waals surface area contributed by atoms with Crippen LogP contribution in [0.1, 0.15) is 49.9 Å². The van der Waals surface area contributed by atoms with E-state index in [0.29, 0.717) is 11.4 Å². The van der Waals surface area contributed by atoms with Crippen molar-refractivity contribution >= 4 is 34.1 Å². The second kappa shape index (κ2) is 17.9. The smallest absolute Gasteiger partial charge is 0.148 e. The van der Waals surface area contributed by atoms with Crippen LogP contribution in [0.2, 0.25) is 0 Å². The molecule has 5 heteroatoms. The van der Waals surface area contributed by atoms with E-state index < -0.39 is 10.8 Å². The first-order chi connectivity index (χ1) is 36.6. The maximum absolute atomic E-state index is 17.5. The number of benzene rings is 10. The normalized spacial score (nSPS) is 13.4. The third kappa shape index (κ3) is 7.52. The predicted octanol–water partition coefficient (Wildman–Crippen LogP) is 19.8. The molecule has 75 heavy (non-hydrogen) atoms. The number of para-hydroxylation sites is 2. The standard InChI is InChI=1S/C70H52F2N2O/c1-69(2)59-43-53(73(51-31-19-9-20-32-51)65-57(47-27-15-7-16-28-47)39-49(41-61(65)71)45-23-11-5-12-24-45)35-37-55(59)67-63(69)64-68(75-67)56-38-36-54(44-60(56)70(64,3)4)74(52-33-21-10-22-34-52)66-58(48-29-17-8-18-30-48)40-50(42-62(66)72)46-25-13-6-14-26-46/h5-44H,1-4H3. The van der Waals surface area contributed by atoms with Crippen molar-refractivity contribution in [2.45, 2.75) is 38.5 Å². The summed E-state index contributed by atoms with van der Waals surface area (Å²) in [7, 11) is 0. The Morgan fingerprint density at radius 3 is 0.973 bits per heavy atom. The van der Waals surface area contributed by atoms with Gasteiger partial charge in [0, 0.05) is 67.0 Å². The molecule has 0 radical (unpaired) electrons. The minimum absolute atomic E-state index is 0.323. The molecule has 0 fully saturated rings. The van der Waals surface area contributed by atoms with Crippen molar-refractivity contribution in [2.75, 3.05) is 9.80 Å². The molecule has 11 aromatic rings. The Balaban J connectivity index is 0.929. The van der Waals surface area contributed by atoms with E-state index in [1.807, 2.05) is 182 Å². The van der Waals surface area contributed by atoms with E-state index >= 15 is 8.78 Å². The molecule has 13 rings (SSSR count). The van der Waals surface area contributed by atoms with Crippen molar-refractivity contribution in [3.8, 4) is 67.2 Å². The number of furan rings is 1. The van der Waals surface area contributed by atoms with Crippen molar-refractivity contribution in [3.63, 3.8) is 0 Å². The minimum Gasteiger partial charge on any atom is -0.455 e. The highest BCUT2D eigenvalue weighted by atomic mass is 19.1. The Morgan fingerprint density at radius 2 is 0.627 bits per heavy atom. The summed E-state index contributed by atoms with van der Waals surface area (Å²) < 4.78 is 42.1. The predicted molar refractivity (Wildman–Crippen MR) is 305 cm³/mol. The molecule has 0 aliphatic heterocycles. The lowest BCUT2D eigenvalue weighted by atomic mass is 9.74. The summed E-state index contributed by atoms with van der Waals surface area (Å²) in [5, 5.41) is 0. The maximum atomic E-state index is 17.5. The summed E-state index contributed by atoms with van der Waals surface area (Å²) in [5.41, 5.74) is 16.8. The zero-order valence-corrected chi connectivity index (χ0v) is 42.2. The summed E-state index contributed by atoms with van der Waals surface area (Å²) in [6, 6.07) is 80.8. The van der Waals surface area contributed by atoms with Gasteiger partial charge in [-0.25, -0.2) is 8.78 Å². The highest BCUT2D eigenvalue weighted by Crippen LogP contribution is 2.62. The van der Waals surface area contributed by atoms with Gasteiger partial charge in [0.05, 0.1) is 11.4 Å². The van der Waals surface area contributed by atoms with Crippen LogP contribution >= 0.6 is 0 Å². The molecule has 3 nitrogen and oxygen atoms in total. The van der Waals surface area contributed by atoms with E-state index in [1.54, 1.807) is 12.1 Å². The monoisotopic (exact) mass is 974 g/mol. The third-order valence-corrected chi connectivity index (χ3v) is 15.5. The lowest BCUT2D eigenvalue weighted by Gasteiger charge is -2.31. The van der Waals surface area contributed by atoms with Crippen molar-refractivity contribution < 1.29 is 13.2 Å². The Hall–Kier alpha value is -9.06. The van der Waals surface area contributed by atoms with E-state index in [1.165, 1.54) is 0 Å². The Bertz CT molecular complexity index is 3690. The van der Waals surface area contributed by atoms with Gasteiger partial charge in [0.25, 0.3) is 0 Å². The number of hydrogen-bond donors (Lipinski definition) is 0. The van der Waals surface area contributed by atoms with Gasteiger partial charge in [0.1, 0.15) is 23.2 Å². The number of rotatable bonds is 10. The van der Waals surface area contributed by atoms with Crippen molar-refractivity contribution in [3.05, 3.63) is 277 Å². The van der Waals surface area contributed by atoms with Gasteiger partial charge in [-0.3, -0.25) is 0 Å². The van der Waals surface area contributed by atoms with Gasteiger partial charge in [-0.05, 0) is 129 Å². The van der Waals surface area contributed by atoms with Crippen LogP contribution in [-0.2, 0) is 10.8 Å². The Morgan fingerprint density at radius 1 is 0.307 bits per heavy atom. The fourth-order valence-corrected chi connectivity index (χ4v) is 11.9. The zero-order valence-electron chi connectivity index (χ0n) is 42.2. The molecule has 0 unspecified atom stereocenters. The van der Waals surface area contributed by atoms with Gasteiger partial charge in [0.15, 0.2) is 0 Å². The third-order valence-electron chi connectivity index (χ3n) is 15.5. The summed E-state index contributed by atoms with van der Waals surface area (Å²) in [5.74, 6) is 1.08. The van der Waals surface area contributed by atoms with Crippen molar-refractivity contribution in [1.29, 1.82) is 0 Å². The summed E-state index contributed by atoms with van der Waals surface area (Å²) in [4.78, 5) is 4.13. The first kappa shape index (κ1) is 45.8. The average Bonchev–Trinajstić information content (AvgIpc) is 4.27. The quantitative estimate of drug-likeness (QED) is 0.136. The lowest BCUT2D eigenvalue weighted by molar-refractivity contribution is 0.592. The molecule has 362 valence electrons. The highest BCUT2D eigenvalue weighted by Gasteiger charge is 2.50. The van der Waals surface area contributed by atoms with Crippen LogP contribution in [0.3, 0.4) is 0 Å². The SMILES string of the molecule is CC1(C)c2cc(N(c3ccccc3)c3c(F)cc(-c4ccccc4)cc3-c3ccccc3)ccc2-c2oc3c(c21)C(C)(C)c1cc(N(c2ccccc2)c2c(F)cc(-c4ccccc4)cc2-c2ccccc2)ccc1-3. The minimum atomic E-state index is -0.509. The number of hydrogen-bond acceptors (Lipinski definition) is 3. The second-order valence-electron chi connectivity index (χ2n) is 20.7. The number of anilines is 6. The fourth-order valence-electron chi connectivity index (χ4n) is 11.9. The van der Waals surface area contributed by atoms with Crippen LogP contribution in [-0.4, -0.2) is 0 Å². The maximum Gasteiger partial charge on any atom is 0.148 e. The molecule has 2 aliphatic carbocycles. The van der Waals surface area contributed by atoms with Crippen LogP contribution in [0.4, 0.5) is 42.9 Å². The van der Waals surface area contributed by atoms with Crippen molar-refractivity contribution in [2.24, 2.45) is 0 Å². The molecule has 0 atom stereocenters. The molecular formula is C70H52F2N2O. The van der Waals surface area contributed by atoms with Crippen LogP contribution < -0.4 is 9.80 Å². The molecule has 0 bridgehead atoms. The molecule has 0 amide bonds. The molecule has 0 N–H and O–H groups in total. The summed E-state index contributed by atoms with van der Waals surface area (Å²) in [6.07, 6.45) is 0.